The summed E-state index contributed by atoms with van der Waals surface area (Å²) in [6, 6.07) is 10.4. The van der Waals surface area contributed by atoms with Crippen LogP contribution >= 0.6 is 0 Å². The third-order valence-electron chi connectivity index (χ3n) is 7.26. The number of hydrogen-bond acceptors (Lipinski definition) is 6. The number of nitrogens with one attached hydrogen (secondary N) is 1. The summed E-state index contributed by atoms with van der Waals surface area (Å²) in [4.78, 5) is 13.8. The van der Waals surface area contributed by atoms with Crippen LogP contribution in [0.15, 0.2) is 36.4 Å². The zero-order valence-corrected chi connectivity index (χ0v) is 21.5. The summed E-state index contributed by atoms with van der Waals surface area (Å²) in [6.45, 7) is 11.4. The molecule has 1 aliphatic carbocycles. The van der Waals surface area contributed by atoms with Crippen LogP contribution in [0.3, 0.4) is 0 Å². The second-order valence-corrected chi connectivity index (χ2v) is 11.2. The number of rotatable bonds is 7. The maximum Gasteiger partial charge on any atom is 0.161 e. The molecule has 2 fully saturated rings. The van der Waals surface area contributed by atoms with Gasteiger partial charge in [0.05, 0.1) is 13.2 Å². The summed E-state index contributed by atoms with van der Waals surface area (Å²) in [5, 5.41) is 24.3. The van der Waals surface area contributed by atoms with Gasteiger partial charge in [0.25, 0.3) is 0 Å². The van der Waals surface area contributed by atoms with E-state index in [4.69, 9.17) is 9.47 Å². The lowest BCUT2D eigenvalue weighted by Crippen LogP contribution is -2.52. The number of benzene rings is 2. The van der Waals surface area contributed by atoms with Gasteiger partial charge in [0.15, 0.2) is 23.0 Å². The predicted octanol–water partition coefficient (Wildman–Crippen LogP) is 5.93. The molecule has 3 N–H and O–H groups in total. The van der Waals surface area contributed by atoms with Crippen LogP contribution in [0.1, 0.15) is 77.1 Å². The molecule has 1 saturated carbocycles. The van der Waals surface area contributed by atoms with Crippen LogP contribution in [0.5, 0.6) is 23.0 Å². The number of phenolic OH excluding ortho intramolecular Hbond substituents is 2. The molecule has 1 aliphatic heterocycles. The van der Waals surface area contributed by atoms with E-state index in [1.54, 1.807) is 12.1 Å². The first-order valence-corrected chi connectivity index (χ1v) is 12.8. The second-order valence-electron chi connectivity index (χ2n) is 11.2. The van der Waals surface area contributed by atoms with Gasteiger partial charge in [0.1, 0.15) is 5.78 Å². The van der Waals surface area contributed by atoms with Crippen molar-refractivity contribution in [1.82, 2.24) is 5.32 Å². The molecule has 6 heteroatoms. The molecule has 2 aromatic rings. The van der Waals surface area contributed by atoms with Crippen LogP contribution in [0.4, 0.5) is 0 Å². The minimum absolute atomic E-state index is 0.0984. The summed E-state index contributed by atoms with van der Waals surface area (Å²) in [6.07, 6.45) is 2.76. The van der Waals surface area contributed by atoms with Crippen molar-refractivity contribution in [1.29, 1.82) is 0 Å². The van der Waals surface area contributed by atoms with E-state index in [-0.39, 0.29) is 40.8 Å². The Hall–Kier alpha value is -2.73. The highest BCUT2D eigenvalue weighted by atomic mass is 16.5. The Kier molecular flexibility index (Phi) is 7.32. The molecule has 1 saturated heterocycles. The largest absolute Gasteiger partial charge is 0.504 e. The Labute approximate surface area is 208 Å². The van der Waals surface area contributed by atoms with Crippen LogP contribution in [-0.2, 0) is 4.79 Å². The molecule has 2 bridgehead atoms. The van der Waals surface area contributed by atoms with E-state index < -0.39 is 0 Å². The number of carbonyl (C=O) groups is 1. The van der Waals surface area contributed by atoms with E-state index in [1.807, 2.05) is 38.1 Å². The highest BCUT2D eigenvalue weighted by Crippen LogP contribution is 2.51. The number of fused-ring (bicyclic) bond motifs is 2. The van der Waals surface area contributed by atoms with Crippen molar-refractivity contribution >= 4 is 5.78 Å². The predicted molar refractivity (Wildman–Crippen MR) is 136 cm³/mol. The van der Waals surface area contributed by atoms with Gasteiger partial charge in [-0.2, -0.15) is 0 Å². The topological polar surface area (TPSA) is 88.0 Å². The van der Waals surface area contributed by atoms with Crippen molar-refractivity contribution in [2.75, 3.05) is 13.2 Å². The minimum Gasteiger partial charge on any atom is -0.504 e. The summed E-state index contributed by atoms with van der Waals surface area (Å²) in [5.41, 5.74) is 2.06. The Morgan fingerprint density at radius 3 is 1.71 bits per heavy atom. The number of hydrogen-bond donors (Lipinski definition) is 3. The van der Waals surface area contributed by atoms with E-state index in [2.05, 4.69) is 26.1 Å². The fourth-order valence-corrected chi connectivity index (χ4v) is 6.03. The molecular formula is C29H39NO5. The van der Waals surface area contributed by atoms with Crippen molar-refractivity contribution in [3.63, 3.8) is 0 Å². The lowest BCUT2D eigenvalue weighted by atomic mass is 9.62. The Bertz CT molecular complexity index is 986. The minimum atomic E-state index is -0.198. The first kappa shape index (κ1) is 25.4. The first-order valence-electron chi connectivity index (χ1n) is 12.8. The van der Waals surface area contributed by atoms with Crippen LogP contribution in [0.2, 0.25) is 0 Å². The molecule has 35 heavy (non-hydrogen) atoms. The lowest BCUT2D eigenvalue weighted by molar-refractivity contribution is -0.137. The number of phenols is 2. The molecule has 190 valence electrons. The van der Waals surface area contributed by atoms with Crippen molar-refractivity contribution in [3.05, 3.63) is 47.5 Å². The van der Waals surface area contributed by atoms with Gasteiger partial charge >= 0.3 is 0 Å². The Morgan fingerprint density at radius 2 is 1.31 bits per heavy atom. The van der Waals surface area contributed by atoms with Gasteiger partial charge in [0, 0.05) is 23.9 Å². The monoisotopic (exact) mass is 481 g/mol. The van der Waals surface area contributed by atoms with Gasteiger partial charge in [-0.25, -0.2) is 0 Å². The van der Waals surface area contributed by atoms with Crippen LogP contribution in [0.25, 0.3) is 0 Å². The van der Waals surface area contributed by atoms with E-state index in [9.17, 15) is 15.0 Å². The van der Waals surface area contributed by atoms with Crippen molar-refractivity contribution < 1.29 is 24.5 Å². The Morgan fingerprint density at radius 1 is 0.857 bits per heavy atom. The lowest BCUT2D eigenvalue weighted by Gasteiger charge is -2.48. The highest BCUT2D eigenvalue weighted by Gasteiger charge is 2.49. The number of ether oxygens (including phenoxy) is 2. The number of Topliss-reactive ketones (excluding diaryl/α,β-unsaturated/α-hetero) is 1. The molecule has 5 atom stereocenters. The van der Waals surface area contributed by atoms with Gasteiger partial charge < -0.3 is 25.0 Å². The number of ketones is 1. The zero-order chi connectivity index (χ0) is 25.3. The van der Waals surface area contributed by atoms with Gasteiger partial charge in [-0.15, -0.1) is 0 Å². The maximum atomic E-state index is 13.8. The molecule has 4 rings (SSSR count). The molecular weight excluding hydrogens is 442 g/mol. The van der Waals surface area contributed by atoms with E-state index >= 15 is 0 Å². The van der Waals surface area contributed by atoms with Crippen molar-refractivity contribution in [2.24, 2.45) is 23.2 Å². The quantitative estimate of drug-likeness (QED) is 0.454. The molecule has 1 unspecified atom stereocenters. The van der Waals surface area contributed by atoms with Gasteiger partial charge in [0.2, 0.25) is 0 Å². The number of piperidine rings is 1. The fraction of sp³-hybridized carbons (Fsp3) is 0.552. The third-order valence-corrected chi connectivity index (χ3v) is 7.26. The molecule has 2 aliphatic rings. The first-order chi connectivity index (χ1) is 16.6. The maximum absolute atomic E-state index is 13.8. The molecule has 2 aromatic carbocycles. The normalized spacial score (nSPS) is 26.4. The summed E-state index contributed by atoms with van der Waals surface area (Å²) in [7, 11) is 0. The fourth-order valence-electron chi connectivity index (χ4n) is 6.03. The molecule has 0 aromatic heterocycles. The van der Waals surface area contributed by atoms with Crippen LogP contribution < -0.4 is 14.8 Å². The van der Waals surface area contributed by atoms with Gasteiger partial charge in [-0.3, -0.25) is 4.79 Å². The highest BCUT2D eigenvalue weighted by molar-refractivity contribution is 5.87. The van der Waals surface area contributed by atoms with Crippen molar-refractivity contribution in [2.45, 2.75) is 66.0 Å². The van der Waals surface area contributed by atoms with E-state index in [0.717, 1.165) is 30.4 Å². The Balaban J connectivity index is 1.76. The molecule has 0 radical (unpaired) electrons. The van der Waals surface area contributed by atoms with E-state index in [0.29, 0.717) is 36.4 Å². The summed E-state index contributed by atoms with van der Waals surface area (Å²) in [5.74, 6) is 1.52. The van der Waals surface area contributed by atoms with E-state index in [1.165, 1.54) is 0 Å². The average molecular weight is 482 g/mol. The van der Waals surface area contributed by atoms with Gasteiger partial charge in [-0.1, -0.05) is 32.9 Å². The van der Waals surface area contributed by atoms with Gasteiger partial charge in [-0.05, 0) is 79.8 Å². The molecule has 0 amide bonds. The molecule has 1 heterocycles. The third kappa shape index (κ3) is 5.43. The molecule has 0 spiro atoms. The van der Waals surface area contributed by atoms with Crippen LogP contribution in [-0.4, -0.2) is 29.2 Å². The summed E-state index contributed by atoms with van der Waals surface area (Å²) < 4.78 is 11.3. The summed E-state index contributed by atoms with van der Waals surface area (Å²) >= 11 is 0. The smallest absolute Gasteiger partial charge is 0.161 e. The van der Waals surface area contributed by atoms with Crippen molar-refractivity contribution in [3.8, 4) is 23.0 Å². The molecule has 6 nitrogen and oxygen atoms in total. The number of carbonyl (C=O) groups excluding carboxylic acids is 1. The standard InChI is InChI=1S/C29H39NO5/c1-6-34-24-14-18(8-10-22(24)31)26-20-12-17(16-29(3,4)5)13-21(28(20)33)27(30-26)19-9-11-23(32)25(15-19)35-7-2/h8-11,14-15,17,20-21,26-27,30-32H,6-7,12-13,16H2,1-5H3/t17?,20-,21+,26-,27+. The zero-order valence-electron chi connectivity index (χ0n) is 21.5. The second kappa shape index (κ2) is 10.1. The SMILES string of the molecule is CCOc1cc([C@H]2N[C@@H](c3ccc(O)c(OCC)c3)[C@@H]3CC(CC(C)(C)C)C[C@H]2C3=O)ccc1O. The average Bonchev–Trinajstić information content (AvgIpc) is 2.78. The van der Waals surface area contributed by atoms with Crippen LogP contribution in [0, 0.1) is 23.2 Å². The number of aromatic hydroxyl groups is 2.